The molecule has 1 aliphatic heterocycles. The molecule has 2 aromatic rings. The molecule has 1 saturated heterocycles. The number of aromatic nitrogens is 2. The summed E-state index contributed by atoms with van der Waals surface area (Å²) in [5, 5.41) is 6.57. The SMILES string of the molecule is CC1(NC(=O)c2cccc3[nH]cnc23)CCCNCC1. The molecule has 1 aliphatic rings. The third kappa shape index (κ3) is 2.54. The van der Waals surface area contributed by atoms with Gasteiger partial charge in [0.15, 0.2) is 0 Å². The number of rotatable bonds is 2. The van der Waals surface area contributed by atoms with Crippen LogP contribution in [0.2, 0.25) is 0 Å². The number of H-pyrrole nitrogens is 1. The number of hydrogen-bond donors (Lipinski definition) is 3. The number of fused-ring (bicyclic) bond motifs is 1. The first-order valence-corrected chi connectivity index (χ1v) is 7.13. The van der Waals surface area contributed by atoms with E-state index in [4.69, 9.17) is 0 Å². The maximum Gasteiger partial charge on any atom is 0.253 e. The average molecular weight is 272 g/mol. The van der Waals surface area contributed by atoms with Gasteiger partial charge in [0.25, 0.3) is 5.91 Å². The summed E-state index contributed by atoms with van der Waals surface area (Å²) in [4.78, 5) is 19.8. The van der Waals surface area contributed by atoms with Crippen molar-refractivity contribution in [1.82, 2.24) is 20.6 Å². The van der Waals surface area contributed by atoms with E-state index in [1.165, 1.54) is 0 Å². The van der Waals surface area contributed by atoms with E-state index in [0.29, 0.717) is 5.56 Å². The number of imidazole rings is 1. The van der Waals surface area contributed by atoms with Crippen LogP contribution in [-0.2, 0) is 0 Å². The van der Waals surface area contributed by atoms with Crippen LogP contribution in [0.15, 0.2) is 24.5 Å². The van der Waals surface area contributed by atoms with Crippen molar-refractivity contribution in [2.24, 2.45) is 0 Å². The van der Waals surface area contributed by atoms with Crippen LogP contribution in [0.5, 0.6) is 0 Å². The summed E-state index contributed by atoms with van der Waals surface area (Å²) in [6, 6.07) is 5.64. The summed E-state index contributed by atoms with van der Waals surface area (Å²) in [6.07, 6.45) is 4.67. The number of nitrogens with one attached hydrogen (secondary N) is 3. The highest BCUT2D eigenvalue weighted by Gasteiger charge is 2.28. The van der Waals surface area contributed by atoms with Gasteiger partial charge in [0.05, 0.1) is 17.4 Å². The standard InChI is InChI=1S/C15H20N4O/c1-15(6-3-8-16-9-7-15)19-14(20)11-4-2-5-12-13(11)18-10-17-12/h2,4-5,10,16H,3,6-9H2,1H3,(H,17,18)(H,19,20). The number of aromatic amines is 1. The largest absolute Gasteiger partial charge is 0.347 e. The summed E-state index contributed by atoms with van der Waals surface area (Å²) in [7, 11) is 0. The lowest BCUT2D eigenvalue weighted by molar-refractivity contribution is 0.0900. The van der Waals surface area contributed by atoms with Crippen molar-refractivity contribution < 1.29 is 4.79 Å². The summed E-state index contributed by atoms with van der Waals surface area (Å²) in [6.45, 7) is 4.10. The van der Waals surface area contributed by atoms with Crippen molar-refractivity contribution in [1.29, 1.82) is 0 Å². The van der Waals surface area contributed by atoms with Crippen molar-refractivity contribution in [3.8, 4) is 0 Å². The lowest BCUT2D eigenvalue weighted by Gasteiger charge is -2.29. The second kappa shape index (κ2) is 5.25. The van der Waals surface area contributed by atoms with Crippen LogP contribution in [0.4, 0.5) is 0 Å². The molecule has 0 bridgehead atoms. The fraction of sp³-hybridized carbons (Fsp3) is 0.467. The van der Waals surface area contributed by atoms with E-state index in [-0.39, 0.29) is 11.4 Å². The highest BCUT2D eigenvalue weighted by atomic mass is 16.1. The van der Waals surface area contributed by atoms with Gasteiger partial charge in [-0.1, -0.05) is 6.07 Å². The molecule has 0 spiro atoms. The average Bonchev–Trinajstić information content (AvgIpc) is 2.81. The lowest BCUT2D eigenvalue weighted by Crippen LogP contribution is -2.46. The van der Waals surface area contributed by atoms with Gasteiger partial charge in [-0.2, -0.15) is 0 Å². The molecule has 0 aliphatic carbocycles. The van der Waals surface area contributed by atoms with E-state index in [1.54, 1.807) is 6.33 Å². The van der Waals surface area contributed by atoms with E-state index < -0.39 is 0 Å². The first-order valence-electron chi connectivity index (χ1n) is 7.13. The van der Waals surface area contributed by atoms with E-state index in [0.717, 1.165) is 43.4 Å². The summed E-state index contributed by atoms with van der Waals surface area (Å²) in [5.74, 6) is -0.0351. The van der Waals surface area contributed by atoms with Crippen LogP contribution in [0.1, 0.15) is 36.5 Å². The Hall–Kier alpha value is -1.88. The Balaban J connectivity index is 1.83. The number of carbonyl (C=O) groups is 1. The molecule has 1 aromatic heterocycles. The first kappa shape index (κ1) is 13.1. The minimum atomic E-state index is -0.140. The minimum Gasteiger partial charge on any atom is -0.347 e. The number of benzene rings is 1. The molecular weight excluding hydrogens is 252 g/mol. The fourth-order valence-electron chi connectivity index (χ4n) is 2.83. The van der Waals surface area contributed by atoms with Crippen molar-refractivity contribution in [3.63, 3.8) is 0 Å². The molecule has 1 unspecified atom stereocenters. The molecule has 5 heteroatoms. The van der Waals surface area contributed by atoms with Gasteiger partial charge in [0, 0.05) is 5.54 Å². The molecule has 1 fully saturated rings. The first-order chi connectivity index (χ1) is 9.68. The monoisotopic (exact) mass is 272 g/mol. The predicted molar refractivity (Wildman–Crippen MR) is 78.7 cm³/mol. The molecular formula is C15H20N4O. The molecule has 3 N–H and O–H groups in total. The van der Waals surface area contributed by atoms with Crippen molar-refractivity contribution >= 4 is 16.9 Å². The van der Waals surface area contributed by atoms with E-state index >= 15 is 0 Å². The van der Waals surface area contributed by atoms with Crippen molar-refractivity contribution in [3.05, 3.63) is 30.1 Å². The van der Waals surface area contributed by atoms with Gasteiger partial charge >= 0.3 is 0 Å². The van der Waals surface area contributed by atoms with Gasteiger partial charge in [-0.3, -0.25) is 4.79 Å². The molecule has 0 saturated carbocycles. The molecule has 1 amide bonds. The molecule has 3 rings (SSSR count). The van der Waals surface area contributed by atoms with Gasteiger partial charge in [-0.05, 0) is 51.4 Å². The number of para-hydroxylation sites is 1. The molecule has 0 radical (unpaired) electrons. The van der Waals surface area contributed by atoms with Crippen LogP contribution in [0.25, 0.3) is 11.0 Å². The zero-order chi connectivity index (χ0) is 14.0. The van der Waals surface area contributed by atoms with Gasteiger partial charge in [0.2, 0.25) is 0 Å². The molecule has 106 valence electrons. The van der Waals surface area contributed by atoms with Gasteiger partial charge in [-0.25, -0.2) is 4.98 Å². The van der Waals surface area contributed by atoms with Crippen LogP contribution in [-0.4, -0.2) is 34.5 Å². The predicted octanol–water partition coefficient (Wildman–Crippen LogP) is 1.82. The van der Waals surface area contributed by atoms with Gasteiger partial charge in [-0.15, -0.1) is 0 Å². The second-order valence-electron chi connectivity index (χ2n) is 5.72. The Morgan fingerprint density at radius 2 is 2.25 bits per heavy atom. The van der Waals surface area contributed by atoms with E-state index in [2.05, 4.69) is 27.5 Å². The Kier molecular flexibility index (Phi) is 3.44. The van der Waals surface area contributed by atoms with E-state index in [9.17, 15) is 4.79 Å². The van der Waals surface area contributed by atoms with Crippen LogP contribution < -0.4 is 10.6 Å². The zero-order valence-electron chi connectivity index (χ0n) is 11.7. The normalized spacial score (nSPS) is 23.4. The van der Waals surface area contributed by atoms with Gasteiger partial charge < -0.3 is 15.6 Å². The number of nitrogens with zero attached hydrogens (tertiary/aromatic N) is 1. The molecule has 2 heterocycles. The van der Waals surface area contributed by atoms with E-state index in [1.807, 2.05) is 18.2 Å². The Morgan fingerprint density at radius 3 is 3.15 bits per heavy atom. The summed E-state index contributed by atoms with van der Waals surface area (Å²) in [5.41, 5.74) is 2.13. The summed E-state index contributed by atoms with van der Waals surface area (Å²) < 4.78 is 0. The van der Waals surface area contributed by atoms with Crippen LogP contribution in [0.3, 0.4) is 0 Å². The molecule has 1 aromatic carbocycles. The number of amides is 1. The lowest BCUT2D eigenvalue weighted by atomic mass is 9.92. The Bertz CT molecular complexity index is 611. The quantitative estimate of drug-likeness (QED) is 0.781. The second-order valence-corrected chi connectivity index (χ2v) is 5.72. The number of carbonyl (C=O) groups excluding carboxylic acids is 1. The smallest absolute Gasteiger partial charge is 0.253 e. The van der Waals surface area contributed by atoms with Gasteiger partial charge in [0.1, 0.15) is 5.52 Å². The van der Waals surface area contributed by atoms with Crippen molar-refractivity contribution in [2.45, 2.75) is 31.7 Å². The Morgan fingerprint density at radius 1 is 1.35 bits per heavy atom. The number of hydrogen-bond acceptors (Lipinski definition) is 3. The van der Waals surface area contributed by atoms with Crippen LogP contribution in [0, 0.1) is 0 Å². The molecule has 20 heavy (non-hydrogen) atoms. The highest BCUT2D eigenvalue weighted by molar-refractivity contribution is 6.05. The maximum atomic E-state index is 12.6. The molecule has 5 nitrogen and oxygen atoms in total. The molecule has 1 atom stereocenters. The topological polar surface area (TPSA) is 69.8 Å². The van der Waals surface area contributed by atoms with Crippen LogP contribution >= 0.6 is 0 Å². The maximum absolute atomic E-state index is 12.6. The fourth-order valence-corrected chi connectivity index (χ4v) is 2.83. The summed E-state index contributed by atoms with van der Waals surface area (Å²) >= 11 is 0. The highest BCUT2D eigenvalue weighted by Crippen LogP contribution is 2.21. The minimum absolute atomic E-state index is 0.0351. The van der Waals surface area contributed by atoms with Crippen molar-refractivity contribution in [2.75, 3.05) is 13.1 Å². The Labute approximate surface area is 118 Å². The zero-order valence-corrected chi connectivity index (χ0v) is 11.7. The third-order valence-corrected chi connectivity index (χ3v) is 4.05. The third-order valence-electron chi connectivity index (χ3n) is 4.05.